The van der Waals surface area contributed by atoms with Crippen LogP contribution in [0.5, 0.6) is 0 Å². The van der Waals surface area contributed by atoms with E-state index in [9.17, 15) is 9.59 Å². The predicted molar refractivity (Wildman–Crippen MR) is 92.7 cm³/mol. The quantitative estimate of drug-likeness (QED) is 0.908. The van der Waals surface area contributed by atoms with Crippen LogP contribution in [0.1, 0.15) is 46.1 Å². The summed E-state index contributed by atoms with van der Waals surface area (Å²) in [7, 11) is 0. The van der Waals surface area contributed by atoms with Gasteiger partial charge in [0.05, 0.1) is 0 Å². The molecule has 1 aliphatic heterocycles. The number of hydrogen-bond acceptors (Lipinski definition) is 2. The van der Waals surface area contributed by atoms with Crippen molar-refractivity contribution in [2.75, 3.05) is 6.54 Å². The molecule has 0 fully saturated rings. The Kier molecular flexibility index (Phi) is 5.24. The molecule has 1 heterocycles. The fourth-order valence-electron chi connectivity index (χ4n) is 2.75. The highest BCUT2D eigenvalue weighted by atomic mass is 16.2. The van der Waals surface area contributed by atoms with Crippen LogP contribution in [-0.4, -0.2) is 34.8 Å². The summed E-state index contributed by atoms with van der Waals surface area (Å²) in [6, 6.07) is 9.12. The van der Waals surface area contributed by atoms with Gasteiger partial charge < -0.3 is 10.2 Å². The zero-order valence-corrected chi connectivity index (χ0v) is 14.4. The van der Waals surface area contributed by atoms with Gasteiger partial charge in [-0.25, -0.2) is 0 Å². The molecule has 0 bridgehead atoms. The molecule has 0 aliphatic carbocycles. The zero-order chi connectivity index (χ0) is 17.0. The van der Waals surface area contributed by atoms with Gasteiger partial charge in [-0.15, -0.1) is 0 Å². The molecule has 2 amide bonds. The normalized spacial score (nSPS) is 18.1. The van der Waals surface area contributed by atoms with Gasteiger partial charge in [0.15, 0.2) is 0 Å². The van der Waals surface area contributed by atoms with Gasteiger partial charge in [-0.2, -0.15) is 0 Å². The first kappa shape index (κ1) is 17.3. The first-order chi connectivity index (χ1) is 10.8. The summed E-state index contributed by atoms with van der Waals surface area (Å²) in [5, 5.41) is 3.01. The largest absolute Gasteiger partial charge is 0.349 e. The van der Waals surface area contributed by atoms with Gasteiger partial charge in [-0.3, -0.25) is 9.59 Å². The maximum Gasteiger partial charge on any atom is 0.247 e. The van der Waals surface area contributed by atoms with E-state index in [1.165, 1.54) is 0 Å². The number of carbonyl (C=O) groups excluding carboxylic acids is 2. The topological polar surface area (TPSA) is 49.4 Å². The average molecular weight is 314 g/mol. The number of nitrogens with zero attached hydrogens (tertiary/aromatic N) is 1. The molecule has 2 rings (SSSR count). The SMILES string of the molecule is CCCCN1C(=O)C=C(c2ccccc2)C1C(=O)NC(C)(C)C. The van der Waals surface area contributed by atoms with Crippen molar-refractivity contribution in [3.05, 3.63) is 42.0 Å². The molecule has 124 valence electrons. The molecule has 0 saturated carbocycles. The van der Waals surface area contributed by atoms with E-state index in [0.717, 1.165) is 24.0 Å². The summed E-state index contributed by atoms with van der Waals surface area (Å²) in [5.74, 6) is -0.194. The number of carbonyl (C=O) groups is 2. The Morgan fingerprint density at radius 1 is 1.22 bits per heavy atom. The van der Waals surface area contributed by atoms with Crippen LogP contribution in [0.3, 0.4) is 0 Å². The first-order valence-corrected chi connectivity index (χ1v) is 8.23. The van der Waals surface area contributed by atoms with Crippen molar-refractivity contribution < 1.29 is 9.59 Å². The van der Waals surface area contributed by atoms with Crippen LogP contribution >= 0.6 is 0 Å². The van der Waals surface area contributed by atoms with Crippen LogP contribution < -0.4 is 5.32 Å². The van der Waals surface area contributed by atoms with E-state index in [2.05, 4.69) is 12.2 Å². The fourth-order valence-corrected chi connectivity index (χ4v) is 2.75. The van der Waals surface area contributed by atoms with Crippen molar-refractivity contribution in [1.82, 2.24) is 10.2 Å². The maximum absolute atomic E-state index is 12.8. The second kappa shape index (κ2) is 6.99. The Morgan fingerprint density at radius 3 is 2.43 bits per heavy atom. The van der Waals surface area contributed by atoms with Crippen molar-refractivity contribution >= 4 is 17.4 Å². The van der Waals surface area contributed by atoms with E-state index < -0.39 is 6.04 Å². The van der Waals surface area contributed by atoms with E-state index in [4.69, 9.17) is 0 Å². The number of nitrogens with one attached hydrogen (secondary N) is 1. The number of amides is 2. The van der Waals surface area contributed by atoms with Gasteiger partial charge in [0, 0.05) is 18.2 Å². The highest BCUT2D eigenvalue weighted by Crippen LogP contribution is 2.29. The summed E-state index contributed by atoms with van der Waals surface area (Å²) in [5.41, 5.74) is 1.38. The molecular formula is C19H26N2O2. The highest BCUT2D eigenvalue weighted by molar-refractivity contribution is 6.10. The van der Waals surface area contributed by atoms with Gasteiger partial charge in [0.2, 0.25) is 11.8 Å². The molecule has 1 aromatic carbocycles. The van der Waals surface area contributed by atoms with Crippen molar-refractivity contribution in [2.24, 2.45) is 0 Å². The lowest BCUT2D eigenvalue weighted by Gasteiger charge is -2.30. The maximum atomic E-state index is 12.8. The van der Waals surface area contributed by atoms with Crippen LogP contribution in [0.25, 0.3) is 5.57 Å². The molecule has 1 aromatic rings. The monoisotopic (exact) mass is 314 g/mol. The minimum Gasteiger partial charge on any atom is -0.349 e. The Balaban J connectivity index is 2.33. The Bertz CT molecular complexity index is 600. The number of rotatable bonds is 5. The standard InChI is InChI=1S/C19H26N2O2/c1-5-6-12-21-16(22)13-15(14-10-8-7-9-11-14)17(21)18(23)20-19(2,3)4/h7-11,13,17H,5-6,12H2,1-4H3,(H,20,23). The molecule has 4 nitrogen and oxygen atoms in total. The van der Waals surface area contributed by atoms with Crippen molar-refractivity contribution in [3.8, 4) is 0 Å². The minimum atomic E-state index is -0.546. The molecule has 0 saturated heterocycles. The smallest absolute Gasteiger partial charge is 0.247 e. The number of benzene rings is 1. The average Bonchev–Trinajstić information content (AvgIpc) is 2.81. The molecule has 0 radical (unpaired) electrons. The Labute approximate surface area is 138 Å². The van der Waals surface area contributed by atoms with E-state index in [1.807, 2.05) is 51.1 Å². The molecular weight excluding hydrogens is 288 g/mol. The van der Waals surface area contributed by atoms with Crippen LogP contribution in [0.4, 0.5) is 0 Å². The lowest BCUT2D eigenvalue weighted by molar-refractivity contribution is -0.134. The van der Waals surface area contributed by atoms with Gasteiger partial charge in [-0.1, -0.05) is 43.7 Å². The van der Waals surface area contributed by atoms with Gasteiger partial charge >= 0.3 is 0 Å². The summed E-state index contributed by atoms with van der Waals surface area (Å²) in [4.78, 5) is 26.9. The number of hydrogen-bond donors (Lipinski definition) is 1. The number of unbranched alkanes of at least 4 members (excludes halogenated alkanes) is 1. The van der Waals surface area contributed by atoms with E-state index in [-0.39, 0.29) is 17.4 Å². The first-order valence-electron chi connectivity index (χ1n) is 8.23. The van der Waals surface area contributed by atoms with Crippen LogP contribution in [0.15, 0.2) is 36.4 Å². The van der Waals surface area contributed by atoms with Crippen LogP contribution in [-0.2, 0) is 9.59 Å². The van der Waals surface area contributed by atoms with E-state index in [1.54, 1.807) is 11.0 Å². The second-order valence-electron chi connectivity index (χ2n) is 6.99. The summed E-state index contributed by atoms with van der Waals surface area (Å²) < 4.78 is 0. The third kappa shape index (κ3) is 4.21. The molecule has 4 heteroatoms. The van der Waals surface area contributed by atoms with Gasteiger partial charge in [0.1, 0.15) is 6.04 Å². The fraction of sp³-hybridized carbons (Fsp3) is 0.474. The summed E-state index contributed by atoms with van der Waals surface area (Å²) >= 11 is 0. The lowest BCUT2D eigenvalue weighted by Crippen LogP contribution is -2.52. The molecule has 0 spiro atoms. The summed E-state index contributed by atoms with van der Waals surface area (Å²) in [6.45, 7) is 8.53. The summed E-state index contributed by atoms with van der Waals surface area (Å²) in [6.07, 6.45) is 3.48. The van der Waals surface area contributed by atoms with E-state index in [0.29, 0.717) is 6.54 Å². The van der Waals surface area contributed by atoms with Gasteiger partial charge in [-0.05, 0) is 38.3 Å². The highest BCUT2D eigenvalue weighted by Gasteiger charge is 2.39. The van der Waals surface area contributed by atoms with Crippen LogP contribution in [0, 0.1) is 0 Å². The molecule has 1 atom stereocenters. The van der Waals surface area contributed by atoms with Crippen LogP contribution in [0.2, 0.25) is 0 Å². The van der Waals surface area contributed by atoms with Crippen molar-refractivity contribution in [1.29, 1.82) is 0 Å². The third-order valence-electron chi connectivity index (χ3n) is 3.77. The minimum absolute atomic E-state index is 0.0774. The molecule has 1 unspecified atom stereocenters. The molecule has 0 aromatic heterocycles. The molecule has 23 heavy (non-hydrogen) atoms. The van der Waals surface area contributed by atoms with Crippen molar-refractivity contribution in [3.63, 3.8) is 0 Å². The van der Waals surface area contributed by atoms with E-state index >= 15 is 0 Å². The van der Waals surface area contributed by atoms with Crippen molar-refractivity contribution in [2.45, 2.75) is 52.1 Å². The molecule has 1 N–H and O–H groups in total. The van der Waals surface area contributed by atoms with Gasteiger partial charge in [0.25, 0.3) is 0 Å². The lowest BCUT2D eigenvalue weighted by atomic mass is 9.98. The Morgan fingerprint density at radius 2 is 1.87 bits per heavy atom. The zero-order valence-electron chi connectivity index (χ0n) is 14.4. The third-order valence-corrected chi connectivity index (χ3v) is 3.77. The second-order valence-corrected chi connectivity index (χ2v) is 6.99. The molecule has 1 aliphatic rings. The Hall–Kier alpha value is -2.10. The predicted octanol–water partition coefficient (Wildman–Crippen LogP) is 3.00.